The molecular formula is C32H37BO3. The summed E-state index contributed by atoms with van der Waals surface area (Å²) in [6.07, 6.45) is 2.39. The van der Waals surface area contributed by atoms with Crippen molar-refractivity contribution in [1.82, 2.24) is 0 Å². The molecule has 2 aliphatic rings. The number of para-hydroxylation sites is 1. The van der Waals surface area contributed by atoms with E-state index in [2.05, 4.69) is 97.9 Å². The second-order valence-electron chi connectivity index (χ2n) is 13.2. The minimum absolute atomic E-state index is 0.136. The topological polar surface area (TPSA) is 31.6 Å². The molecule has 3 aromatic carbocycles. The molecule has 1 fully saturated rings. The van der Waals surface area contributed by atoms with Gasteiger partial charge in [-0.15, -0.1) is 0 Å². The van der Waals surface area contributed by atoms with Gasteiger partial charge < -0.3 is 13.7 Å². The summed E-state index contributed by atoms with van der Waals surface area (Å²) in [4.78, 5) is 0. The van der Waals surface area contributed by atoms with Gasteiger partial charge in [0.05, 0.1) is 11.2 Å². The Hall–Kier alpha value is -2.56. The van der Waals surface area contributed by atoms with Gasteiger partial charge in [-0.2, -0.15) is 0 Å². The fourth-order valence-electron chi connectivity index (χ4n) is 5.94. The van der Waals surface area contributed by atoms with Crippen molar-refractivity contribution in [2.45, 2.75) is 90.3 Å². The molecule has 0 saturated carbocycles. The monoisotopic (exact) mass is 480 g/mol. The first-order valence-electron chi connectivity index (χ1n) is 13.3. The third kappa shape index (κ3) is 3.49. The van der Waals surface area contributed by atoms with Crippen LogP contribution in [0.2, 0.25) is 0 Å². The van der Waals surface area contributed by atoms with Crippen molar-refractivity contribution in [1.29, 1.82) is 0 Å². The molecule has 0 bridgehead atoms. The lowest BCUT2D eigenvalue weighted by molar-refractivity contribution is 0.00578. The van der Waals surface area contributed by atoms with Gasteiger partial charge in [-0.1, -0.05) is 76.2 Å². The van der Waals surface area contributed by atoms with Crippen LogP contribution in [0, 0.1) is 0 Å². The average Bonchev–Trinajstić information content (AvgIpc) is 3.29. The Labute approximate surface area is 215 Å². The minimum atomic E-state index is -0.431. The first kappa shape index (κ1) is 23.8. The maximum Gasteiger partial charge on any atom is 0.494 e. The molecule has 1 aliphatic heterocycles. The van der Waals surface area contributed by atoms with Crippen LogP contribution in [0.5, 0.6) is 0 Å². The number of furan rings is 1. The summed E-state index contributed by atoms with van der Waals surface area (Å²) in [6, 6.07) is 19.7. The van der Waals surface area contributed by atoms with Crippen molar-refractivity contribution in [3.05, 3.63) is 65.7 Å². The fraction of sp³-hybridized carbons (Fsp3) is 0.438. The van der Waals surface area contributed by atoms with E-state index in [1.165, 1.54) is 29.5 Å². The molecule has 0 unspecified atom stereocenters. The number of hydrogen-bond donors (Lipinski definition) is 0. The highest BCUT2D eigenvalue weighted by Crippen LogP contribution is 2.47. The zero-order chi connectivity index (χ0) is 25.7. The molecule has 0 spiro atoms. The Morgan fingerprint density at radius 1 is 0.667 bits per heavy atom. The molecular weight excluding hydrogens is 443 g/mol. The Balaban J connectivity index is 1.59. The van der Waals surface area contributed by atoms with Crippen molar-refractivity contribution < 1.29 is 13.7 Å². The molecule has 0 radical (unpaired) electrons. The summed E-state index contributed by atoms with van der Waals surface area (Å²) in [7, 11) is -0.431. The van der Waals surface area contributed by atoms with E-state index in [-0.39, 0.29) is 10.8 Å². The molecule has 1 aromatic heterocycles. The standard InChI is InChI=1S/C32H37BO3/c1-29(2)15-16-30(3,4)26-17-20(13-14-25(26)29)23-18-21(33-35-31(5,6)32(7,8)36-33)19-24-22-11-9-10-12-27(22)34-28(23)24/h9-14,17-19H,15-16H2,1-8H3. The summed E-state index contributed by atoms with van der Waals surface area (Å²) in [5, 5.41) is 2.22. The van der Waals surface area contributed by atoms with Gasteiger partial charge in [-0.05, 0) is 79.6 Å². The second-order valence-corrected chi connectivity index (χ2v) is 13.2. The lowest BCUT2D eigenvalue weighted by atomic mass is 9.63. The van der Waals surface area contributed by atoms with Crippen LogP contribution in [-0.2, 0) is 20.1 Å². The molecule has 36 heavy (non-hydrogen) atoms. The fourth-order valence-corrected chi connectivity index (χ4v) is 5.94. The van der Waals surface area contributed by atoms with E-state index in [1.54, 1.807) is 0 Å². The Kier molecular flexibility index (Phi) is 4.96. The van der Waals surface area contributed by atoms with Crippen LogP contribution in [0.3, 0.4) is 0 Å². The summed E-state index contributed by atoms with van der Waals surface area (Å²) in [5.74, 6) is 0. The van der Waals surface area contributed by atoms with Gasteiger partial charge in [0, 0.05) is 16.3 Å². The first-order chi connectivity index (χ1) is 16.8. The largest absolute Gasteiger partial charge is 0.494 e. The molecule has 1 aliphatic carbocycles. The summed E-state index contributed by atoms with van der Waals surface area (Å²) in [5.41, 5.74) is 7.56. The quantitative estimate of drug-likeness (QED) is 0.273. The van der Waals surface area contributed by atoms with Gasteiger partial charge in [0.1, 0.15) is 11.2 Å². The van der Waals surface area contributed by atoms with Crippen molar-refractivity contribution in [2.75, 3.05) is 0 Å². The smallest absolute Gasteiger partial charge is 0.455 e. The van der Waals surface area contributed by atoms with Crippen molar-refractivity contribution in [3.8, 4) is 11.1 Å². The molecule has 0 N–H and O–H groups in total. The van der Waals surface area contributed by atoms with E-state index < -0.39 is 18.3 Å². The average molecular weight is 480 g/mol. The Morgan fingerprint density at radius 3 is 2.00 bits per heavy atom. The Bertz CT molecular complexity index is 1490. The Morgan fingerprint density at radius 2 is 1.31 bits per heavy atom. The second kappa shape index (κ2) is 7.49. The number of hydrogen-bond acceptors (Lipinski definition) is 3. The van der Waals surface area contributed by atoms with Crippen LogP contribution in [0.1, 0.15) is 79.4 Å². The van der Waals surface area contributed by atoms with Gasteiger partial charge in [0.2, 0.25) is 0 Å². The van der Waals surface area contributed by atoms with Crippen LogP contribution >= 0.6 is 0 Å². The minimum Gasteiger partial charge on any atom is -0.455 e. The van der Waals surface area contributed by atoms with Crippen LogP contribution in [0.4, 0.5) is 0 Å². The van der Waals surface area contributed by atoms with Gasteiger partial charge in [0.15, 0.2) is 0 Å². The lowest BCUT2D eigenvalue weighted by Crippen LogP contribution is -2.41. The summed E-state index contributed by atoms with van der Waals surface area (Å²) >= 11 is 0. The van der Waals surface area contributed by atoms with Crippen LogP contribution in [0.15, 0.2) is 59.0 Å². The zero-order valence-electron chi connectivity index (χ0n) is 22.9. The molecule has 4 heteroatoms. The lowest BCUT2D eigenvalue weighted by Gasteiger charge is -2.42. The third-order valence-electron chi connectivity index (χ3n) is 9.19. The normalized spacial score (nSPS) is 21.7. The van der Waals surface area contributed by atoms with Crippen molar-refractivity contribution >= 4 is 34.5 Å². The number of fused-ring (bicyclic) bond motifs is 4. The molecule has 0 atom stereocenters. The van der Waals surface area contributed by atoms with Crippen LogP contribution in [-0.4, -0.2) is 18.3 Å². The highest BCUT2D eigenvalue weighted by atomic mass is 16.7. The summed E-state index contributed by atoms with van der Waals surface area (Å²) < 4.78 is 19.4. The predicted octanol–water partition coefficient (Wildman–Crippen LogP) is 7.90. The van der Waals surface area contributed by atoms with E-state index in [0.29, 0.717) is 0 Å². The molecule has 6 rings (SSSR count). The van der Waals surface area contributed by atoms with Gasteiger partial charge in [-0.25, -0.2) is 0 Å². The molecule has 2 heterocycles. The van der Waals surface area contributed by atoms with Gasteiger partial charge >= 0.3 is 7.12 Å². The highest BCUT2D eigenvalue weighted by Gasteiger charge is 2.52. The van der Waals surface area contributed by atoms with Crippen molar-refractivity contribution in [3.63, 3.8) is 0 Å². The number of rotatable bonds is 2. The van der Waals surface area contributed by atoms with Gasteiger partial charge in [0.25, 0.3) is 0 Å². The molecule has 0 amide bonds. The zero-order valence-corrected chi connectivity index (χ0v) is 22.9. The van der Waals surface area contributed by atoms with E-state index in [0.717, 1.165) is 33.0 Å². The van der Waals surface area contributed by atoms with E-state index in [4.69, 9.17) is 13.7 Å². The van der Waals surface area contributed by atoms with E-state index in [1.807, 2.05) is 12.1 Å². The molecule has 3 nitrogen and oxygen atoms in total. The molecule has 186 valence electrons. The van der Waals surface area contributed by atoms with Crippen molar-refractivity contribution in [2.24, 2.45) is 0 Å². The first-order valence-corrected chi connectivity index (χ1v) is 13.3. The SMILES string of the molecule is CC1(C)CCC(C)(C)c2cc(-c3cc(B4OC(C)(C)C(C)(C)O4)cc4c3oc3ccccc34)ccc21. The highest BCUT2D eigenvalue weighted by molar-refractivity contribution is 6.62. The number of benzene rings is 3. The maximum atomic E-state index is 6.49. The molecule has 1 saturated heterocycles. The maximum absolute atomic E-state index is 6.49. The predicted molar refractivity (Wildman–Crippen MR) is 150 cm³/mol. The third-order valence-corrected chi connectivity index (χ3v) is 9.19. The van der Waals surface area contributed by atoms with Crippen LogP contribution in [0.25, 0.3) is 33.1 Å². The van der Waals surface area contributed by atoms with Gasteiger partial charge in [-0.3, -0.25) is 0 Å². The van der Waals surface area contributed by atoms with E-state index >= 15 is 0 Å². The van der Waals surface area contributed by atoms with E-state index in [9.17, 15) is 0 Å². The van der Waals surface area contributed by atoms with Crippen LogP contribution < -0.4 is 5.46 Å². The molecule has 4 aromatic rings. The summed E-state index contributed by atoms with van der Waals surface area (Å²) in [6.45, 7) is 17.9.